The fourth-order valence-corrected chi connectivity index (χ4v) is 2.07. The van der Waals surface area contributed by atoms with E-state index in [1.807, 2.05) is 25.1 Å². The van der Waals surface area contributed by atoms with Gasteiger partial charge in [0.25, 0.3) is 5.91 Å². The van der Waals surface area contributed by atoms with Gasteiger partial charge in [-0.15, -0.1) is 0 Å². The Morgan fingerprint density at radius 3 is 2.56 bits per heavy atom. The molecule has 1 N–H and O–H groups in total. The topological polar surface area (TPSA) is 29.1 Å². The number of hydrogen-bond donors (Lipinski definition) is 1. The van der Waals surface area contributed by atoms with Gasteiger partial charge in [-0.05, 0) is 52.5 Å². The zero-order valence-corrected chi connectivity index (χ0v) is 14.0. The molecule has 1 unspecified atom stereocenters. The van der Waals surface area contributed by atoms with Gasteiger partial charge in [0.05, 0.1) is 5.56 Å². The highest BCUT2D eigenvalue weighted by Crippen LogP contribution is 2.24. The van der Waals surface area contributed by atoms with Crippen LogP contribution in [0.5, 0.6) is 0 Å². The molecule has 1 aromatic carbocycles. The Hall–Kier alpha value is -0.580. The number of benzene rings is 1. The Labute approximate surface area is 124 Å². The van der Waals surface area contributed by atoms with Crippen molar-refractivity contribution in [2.75, 3.05) is 6.54 Å². The summed E-state index contributed by atoms with van der Waals surface area (Å²) >= 11 is 2.23. The van der Waals surface area contributed by atoms with Gasteiger partial charge in [-0.1, -0.05) is 39.8 Å². The molecule has 1 rings (SSSR count). The summed E-state index contributed by atoms with van der Waals surface area (Å²) in [5.41, 5.74) is 2.14. The molecule has 0 bridgehead atoms. The normalized spacial score (nSPS) is 13.2. The van der Waals surface area contributed by atoms with Gasteiger partial charge in [-0.2, -0.15) is 0 Å². The molecule has 0 fully saturated rings. The molecular formula is C15H22INO. The van der Waals surface area contributed by atoms with Crippen LogP contribution in [0.15, 0.2) is 18.2 Å². The third kappa shape index (κ3) is 3.97. The van der Waals surface area contributed by atoms with E-state index in [0.29, 0.717) is 12.5 Å². The standard InChI is InChI=1S/C15H22INO/c1-10-7-6-8-12(13(10)16)14(18)17-9-11(2)15(3,4)5/h6-8,11H,9H2,1-5H3,(H,17,18). The van der Waals surface area contributed by atoms with E-state index >= 15 is 0 Å². The monoisotopic (exact) mass is 359 g/mol. The summed E-state index contributed by atoms with van der Waals surface area (Å²) < 4.78 is 1.04. The highest BCUT2D eigenvalue weighted by Gasteiger charge is 2.21. The highest BCUT2D eigenvalue weighted by molar-refractivity contribution is 14.1. The fraction of sp³-hybridized carbons (Fsp3) is 0.533. The lowest BCUT2D eigenvalue weighted by atomic mass is 9.82. The summed E-state index contributed by atoms with van der Waals surface area (Å²) in [6.45, 7) is 11.5. The van der Waals surface area contributed by atoms with Gasteiger partial charge >= 0.3 is 0 Å². The lowest BCUT2D eigenvalue weighted by Gasteiger charge is -2.27. The Kier molecular flexibility index (Phi) is 5.20. The molecule has 0 aliphatic rings. The largest absolute Gasteiger partial charge is 0.352 e. The van der Waals surface area contributed by atoms with E-state index in [4.69, 9.17) is 0 Å². The Bertz CT molecular complexity index is 435. The lowest BCUT2D eigenvalue weighted by molar-refractivity contribution is 0.0936. The van der Waals surface area contributed by atoms with Crippen LogP contribution in [0, 0.1) is 21.8 Å². The van der Waals surface area contributed by atoms with Crippen LogP contribution >= 0.6 is 22.6 Å². The van der Waals surface area contributed by atoms with Crippen molar-refractivity contribution in [1.82, 2.24) is 5.32 Å². The van der Waals surface area contributed by atoms with Crippen molar-refractivity contribution in [2.24, 2.45) is 11.3 Å². The predicted molar refractivity (Wildman–Crippen MR) is 84.8 cm³/mol. The first-order valence-corrected chi connectivity index (χ1v) is 7.34. The van der Waals surface area contributed by atoms with E-state index in [1.54, 1.807) is 0 Å². The molecule has 0 saturated heterocycles. The molecule has 0 spiro atoms. The molecule has 0 aromatic heterocycles. The maximum atomic E-state index is 12.1. The average Bonchev–Trinajstić information content (AvgIpc) is 2.27. The first-order chi connectivity index (χ1) is 8.23. The van der Waals surface area contributed by atoms with Crippen molar-refractivity contribution < 1.29 is 4.79 Å². The first kappa shape index (κ1) is 15.5. The third-order valence-corrected chi connectivity index (χ3v) is 4.92. The lowest BCUT2D eigenvalue weighted by Crippen LogP contribution is -2.34. The summed E-state index contributed by atoms with van der Waals surface area (Å²) in [5.74, 6) is 0.475. The van der Waals surface area contributed by atoms with Crippen molar-refractivity contribution in [2.45, 2.75) is 34.6 Å². The van der Waals surface area contributed by atoms with Crippen LogP contribution in [0.1, 0.15) is 43.6 Å². The van der Waals surface area contributed by atoms with Gasteiger partial charge in [0.15, 0.2) is 0 Å². The van der Waals surface area contributed by atoms with E-state index in [9.17, 15) is 4.79 Å². The molecule has 0 aliphatic heterocycles. The molecular weight excluding hydrogens is 337 g/mol. The van der Waals surface area contributed by atoms with Crippen LogP contribution in [0.25, 0.3) is 0 Å². The number of nitrogens with one attached hydrogen (secondary N) is 1. The maximum absolute atomic E-state index is 12.1. The highest BCUT2D eigenvalue weighted by atomic mass is 127. The summed E-state index contributed by atoms with van der Waals surface area (Å²) in [6, 6.07) is 5.84. The smallest absolute Gasteiger partial charge is 0.252 e. The van der Waals surface area contributed by atoms with Crippen LogP contribution in [0.3, 0.4) is 0 Å². The molecule has 0 heterocycles. The van der Waals surface area contributed by atoms with Crippen molar-refractivity contribution in [3.63, 3.8) is 0 Å². The first-order valence-electron chi connectivity index (χ1n) is 6.26. The quantitative estimate of drug-likeness (QED) is 0.812. The van der Waals surface area contributed by atoms with Crippen molar-refractivity contribution >= 4 is 28.5 Å². The number of amides is 1. The number of carbonyl (C=O) groups is 1. The number of carbonyl (C=O) groups excluding carboxylic acids is 1. The second-order valence-electron chi connectivity index (χ2n) is 5.91. The molecule has 2 nitrogen and oxygen atoms in total. The molecule has 18 heavy (non-hydrogen) atoms. The SMILES string of the molecule is Cc1cccc(C(=O)NCC(C)C(C)(C)C)c1I. The summed E-state index contributed by atoms with van der Waals surface area (Å²) in [7, 11) is 0. The van der Waals surface area contributed by atoms with E-state index in [0.717, 1.165) is 14.7 Å². The van der Waals surface area contributed by atoms with Gasteiger partial charge in [0.1, 0.15) is 0 Å². The molecule has 0 saturated carbocycles. The van der Waals surface area contributed by atoms with E-state index in [2.05, 4.69) is 55.6 Å². The zero-order valence-electron chi connectivity index (χ0n) is 11.8. The van der Waals surface area contributed by atoms with Gasteiger partial charge in [-0.3, -0.25) is 4.79 Å². The van der Waals surface area contributed by atoms with E-state index < -0.39 is 0 Å². The van der Waals surface area contributed by atoms with E-state index in [-0.39, 0.29) is 11.3 Å². The van der Waals surface area contributed by atoms with Crippen LogP contribution < -0.4 is 5.32 Å². The van der Waals surface area contributed by atoms with Gasteiger partial charge in [0.2, 0.25) is 0 Å². The Morgan fingerprint density at radius 2 is 2.00 bits per heavy atom. The number of aryl methyl sites for hydroxylation is 1. The van der Waals surface area contributed by atoms with Gasteiger partial charge in [-0.25, -0.2) is 0 Å². The Morgan fingerprint density at radius 1 is 1.39 bits per heavy atom. The number of rotatable bonds is 3. The summed E-state index contributed by atoms with van der Waals surface area (Å²) in [5, 5.41) is 3.03. The molecule has 1 atom stereocenters. The molecule has 1 amide bonds. The van der Waals surface area contributed by atoms with E-state index in [1.165, 1.54) is 0 Å². The molecule has 100 valence electrons. The molecule has 0 radical (unpaired) electrons. The second kappa shape index (κ2) is 6.04. The number of halogens is 1. The Balaban J connectivity index is 2.70. The van der Waals surface area contributed by atoms with Gasteiger partial charge in [0, 0.05) is 10.1 Å². The number of hydrogen-bond acceptors (Lipinski definition) is 1. The molecule has 0 aliphatic carbocycles. The molecule has 1 aromatic rings. The van der Waals surface area contributed by atoms with Crippen molar-refractivity contribution in [3.05, 3.63) is 32.9 Å². The summed E-state index contributed by atoms with van der Waals surface area (Å²) in [4.78, 5) is 12.1. The maximum Gasteiger partial charge on any atom is 0.252 e. The van der Waals surface area contributed by atoms with Gasteiger partial charge < -0.3 is 5.32 Å². The zero-order chi connectivity index (χ0) is 13.9. The van der Waals surface area contributed by atoms with Crippen LogP contribution in [-0.2, 0) is 0 Å². The molecule has 3 heteroatoms. The minimum absolute atomic E-state index is 0.0270. The van der Waals surface area contributed by atoms with Crippen molar-refractivity contribution in [3.8, 4) is 0 Å². The summed E-state index contributed by atoms with van der Waals surface area (Å²) in [6.07, 6.45) is 0. The predicted octanol–water partition coefficient (Wildman–Crippen LogP) is 4.01. The minimum Gasteiger partial charge on any atom is -0.352 e. The average molecular weight is 359 g/mol. The van der Waals surface area contributed by atoms with Crippen molar-refractivity contribution in [1.29, 1.82) is 0 Å². The van der Waals surface area contributed by atoms with Crippen LogP contribution in [-0.4, -0.2) is 12.5 Å². The second-order valence-corrected chi connectivity index (χ2v) is 6.99. The third-order valence-electron chi connectivity index (χ3n) is 3.48. The fourth-order valence-electron chi connectivity index (χ4n) is 1.47. The van der Waals surface area contributed by atoms with Crippen LogP contribution in [0.2, 0.25) is 0 Å². The van der Waals surface area contributed by atoms with Crippen LogP contribution in [0.4, 0.5) is 0 Å². The minimum atomic E-state index is 0.0270.